The Kier molecular flexibility index (Phi) is 3.28. The lowest BCUT2D eigenvalue weighted by Crippen LogP contribution is -2.25. The molecule has 0 fully saturated rings. The van der Waals surface area contributed by atoms with Crippen LogP contribution in [0.2, 0.25) is 0 Å². The molecule has 116 valence electrons. The minimum Gasteiger partial charge on any atom is -0.338 e. The van der Waals surface area contributed by atoms with Gasteiger partial charge in [0.05, 0.1) is 16.7 Å². The molecular formula is C17H12N6O. The fourth-order valence-electron chi connectivity index (χ4n) is 2.65. The van der Waals surface area contributed by atoms with Gasteiger partial charge < -0.3 is 4.98 Å². The number of benzene rings is 1. The van der Waals surface area contributed by atoms with Crippen LogP contribution in [-0.4, -0.2) is 26.6 Å². The molecule has 24 heavy (non-hydrogen) atoms. The minimum atomic E-state index is -0.0605. The van der Waals surface area contributed by atoms with Crippen LogP contribution in [0.4, 0.5) is 0 Å². The number of fused-ring (bicyclic) bond motifs is 1. The van der Waals surface area contributed by atoms with Crippen molar-refractivity contribution < 1.29 is 4.79 Å². The van der Waals surface area contributed by atoms with Crippen molar-refractivity contribution in [2.45, 2.75) is 12.8 Å². The maximum absolute atomic E-state index is 11.2. The maximum Gasteiger partial charge on any atom is 0.240 e. The van der Waals surface area contributed by atoms with E-state index in [-0.39, 0.29) is 5.91 Å². The summed E-state index contributed by atoms with van der Waals surface area (Å²) in [5.74, 6) is 0.620. The van der Waals surface area contributed by atoms with Crippen LogP contribution in [0.15, 0.2) is 41.6 Å². The van der Waals surface area contributed by atoms with Crippen molar-refractivity contribution in [3.8, 4) is 17.5 Å². The van der Waals surface area contributed by atoms with Gasteiger partial charge in [-0.05, 0) is 29.8 Å². The Bertz CT molecular complexity index is 1030. The highest BCUT2D eigenvalue weighted by molar-refractivity contribution is 6.05. The molecule has 3 aromatic rings. The normalized spacial score (nSPS) is 14.1. The average molecular weight is 316 g/mol. The van der Waals surface area contributed by atoms with E-state index in [0.29, 0.717) is 24.4 Å². The number of amides is 1. The Balaban J connectivity index is 1.74. The SMILES string of the molecule is N#Cc1cc(-c2nc3ccc(C4=NNC(=O)CC4)cc3[nH]2)ccn1. The molecule has 0 radical (unpaired) electrons. The minimum absolute atomic E-state index is 0.0605. The Labute approximate surface area is 137 Å². The van der Waals surface area contributed by atoms with E-state index in [4.69, 9.17) is 5.26 Å². The van der Waals surface area contributed by atoms with E-state index in [9.17, 15) is 4.79 Å². The third kappa shape index (κ3) is 2.50. The number of rotatable bonds is 2. The van der Waals surface area contributed by atoms with Crippen LogP contribution < -0.4 is 5.43 Å². The third-order valence-corrected chi connectivity index (χ3v) is 3.87. The van der Waals surface area contributed by atoms with Crippen molar-refractivity contribution in [1.82, 2.24) is 20.4 Å². The lowest BCUT2D eigenvalue weighted by molar-refractivity contribution is -0.121. The molecule has 2 aromatic heterocycles. The highest BCUT2D eigenvalue weighted by atomic mass is 16.2. The zero-order valence-electron chi connectivity index (χ0n) is 12.6. The highest BCUT2D eigenvalue weighted by Gasteiger charge is 2.14. The van der Waals surface area contributed by atoms with Crippen LogP contribution in [0.3, 0.4) is 0 Å². The van der Waals surface area contributed by atoms with Gasteiger partial charge in [0.2, 0.25) is 5.91 Å². The molecule has 0 spiro atoms. The second-order valence-corrected chi connectivity index (χ2v) is 5.45. The standard InChI is InChI=1S/C17H12N6O/c18-9-12-7-11(5-6-19-12)17-20-14-2-1-10(8-15(14)21-17)13-3-4-16(24)23-22-13/h1-2,5-8H,3-4H2,(H,20,21)(H,23,24). The van der Waals surface area contributed by atoms with Gasteiger partial charge in [-0.25, -0.2) is 15.4 Å². The van der Waals surface area contributed by atoms with Gasteiger partial charge in [0, 0.05) is 24.6 Å². The number of carbonyl (C=O) groups excluding carboxylic acids is 1. The second kappa shape index (κ2) is 5.59. The molecule has 0 unspecified atom stereocenters. The van der Waals surface area contributed by atoms with Crippen LogP contribution in [0.25, 0.3) is 22.4 Å². The fraction of sp³-hybridized carbons (Fsp3) is 0.118. The van der Waals surface area contributed by atoms with E-state index in [2.05, 4.69) is 25.5 Å². The summed E-state index contributed by atoms with van der Waals surface area (Å²) >= 11 is 0. The molecule has 7 nitrogen and oxygen atoms in total. The van der Waals surface area contributed by atoms with Gasteiger partial charge in [0.25, 0.3) is 0 Å². The molecule has 1 aromatic carbocycles. The predicted molar refractivity (Wildman–Crippen MR) is 88.0 cm³/mol. The number of hydrogen-bond donors (Lipinski definition) is 2. The van der Waals surface area contributed by atoms with Gasteiger partial charge >= 0.3 is 0 Å². The van der Waals surface area contributed by atoms with E-state index >= 15 is 0 Å². The molecule has 7 heteroatoms. The zero-order valence-corrected chi connectivity index (χ0v) is 12.6. The number of imidazole rings is 1. The topological polar surface area (TPSA) is 107 Å². The summed E-state index contributed by atoms with van der Waals surface area (Å²) in [6, 6.07) is 11.3. The quantitative estimate of drug-likeness (QED) is 0.755. The second-order valence-electron chi connectivity index (χ2n) is 5.45. The number of hydrogen-bond acceptors (Lipinski definition) is 5. The number of aromatic nitrogens is 3. The zero-order chi connectivity index (χ0) is 16.5. The van der Waals surface area contributed by atoms with E-state index in [1.807, 2.05) is 24.3 Å². The molecule has 2 N–H and O–H groups in total. The first kappa shape index (κ1) is 14.1. The third-order valence-electron chi connectivity index (χ3n) is 3.87. The van der Waals surface area contributed by atoms with Crippen molar-refractivity contribution in [2.24, 2.45) is 5.10 Å². The molecule has 1 aliphatic heterocycles. The van der Waals surface area contributed by atoms with Gasteiger partial charge in [-0.1, -0.05) is 6.07 Å². The van der Waals surface area contributed by atoms with Crippen molar-refractivity contribution >= 4 is 22.7 Å². The number of hydrazone groups is 1. The average Bonchev–Trinajstić information content (AvgIpc) is 3.05. The summed E-state index contributed by atoms with van der Waals surface area (Å²) in [6.45, 7) is 0. The maximum atomic E-state index is 11.2. The number of carbonyl (C=O) groups is 1. The van der Waals surface area contributed by atoms with Crippen molar-refractivity contribution in [1.29, 1.82) is 5.26 Å². The van der Waals surface area contributed by atoms with Crippen LogP contribution in [-0.2, 0) is 4.79 Å². The summed E-state index contributed by atoms with van der Waals surface area (Å²) in [6.07, 6.45) is 2.65. The smallest absolute Gasteiger partial charge is 0.240 e. The van der Waals surface area contributed by atoms with Crippen molar-refractivity contribution in [2.75, 3.05) is 0 Å². The fourth-order valence-corrected chi connectivity index (χ4v) is 2.65. The van der Waals surface area contributed by atoms with Crippen LogP contribution in [0.1, 0.15) is 24.1 Å². The molecule has 0 atom stereocenters. The summed E-state index contributed by atoms with van der Waals surface area (Å²) in [7, 11) is 0. The number of aromatic amines is 1. The van der Waals surface area contributed by atoms with Crippen LogP contribution in [0.5, 0.6) is 0 Å². The van der Waals surface area contributed by atoms with E-state index in [0.717, 1.165) is 27.9 Å². The number of nitriles is 1. The number of H-pyrrole nitrogens is 1. The van der Waals surface area contributed by atoms with Crippen molar-refractivity contribution in [3.05, 3.63) is 47.8 Å². The van der Waals surface area contributed by atoms with E-state index in [1.165, 1.54) is 0 Å². The summed E-state index contributed by atoms with van der Waals surface area (Å²) in [5, 5.41) is 13.1. The van der Waals surface area contributed by atoms with Gasteiger partial charge in [0.1, 0.15) is 17.6 Å². The van der Waals surface area contributed by atoms with E-state index in [1.54, 1.807) is 18.3 Å². The van der Waals surface area contributed by atoms with Crippen molar-refractivity contribution in [3.63, 3.8) is 0 Å². The van der Waals surface area contributed by atoms with Gasteiger partial charge in [0.15, 0.2) is 0 Å². The molecule has 0 saturated heterocycles. The van der Waals surface area contributed by atoms with Gasteiger partial charge in [-0.15, -0.1) is 0 Å². The van der Waals surface area contributed by atoms with Crippen LogP contribution in [0, 0.1) is 11.3 Å². The molecule has 0 bridgehead atoms. The summed E-state index contributed by atoms with van der Waals surface area (Å²) in [4.78, 5) is 23.0. The first-order chi connectivity index (χ1) is 11.7. The van der Waals surface area contributed by atoms with Gasteiger partial charge in [-0.3, -0.25) is 4.79 Å². The molecule has 1 amide bonds. The Hall–Kier alpha value is -3.53. The Morgan fingerprint density at radius 3 is 2.83 bits per heavy atom. The largest absolute Gasteiger partial charge is 0.338 e. The molecule has 1 aliphatic rings. The molecular weight excluding hydrogens is 304 g/mol. The van der Waals surface area contributed by atoms with Crippen LogP contribution >= 0.6 is 0 Å². The monoisotopic (exact) mass is 316 g/mol. The van der Waals surface area contributed by atoms with E-state index < -0.39 is 0 Å². The lowest BCUT2D eigenvalue weighted by atomic mass is 10.0. The Morgan fingerprint density at radius 1 is 1.12 bits per heavy atom. The highest BCUT2D eigenvalue weighted by Crippen LogP contribution is 2.22. The number of nitrogens with one attached hydrogen (secondary N) is 2. The summed E-state index contributed by atoms with van der Waals surface area (Å²) < 4.78 is 0. The number of nitrogens with zero attached hydrogens (tertiary/aromatic N) is 4. The lowest BCUT2D eigenvalue weighted by Gasteiger charge is -2.11. The first-order valence-electron chi connectivity index (χ1n) is 7.45. The Morgan fingerprint density at radius 2 is 2.04 bits per heavy atom. The molecule has 0 saturated carbocycles. The molecule has 3 heterocycles. The first-order valence-corrected chi connectivity index (χ1v) is 7.45. The summed E-state index contributed by atoms with van der Waals surface area (Å²) in [5.41, 5.74) is 7.16. The predicted octanol–water partition coefficient (Wildman–Crippen LogP) is 2.11. The molecule has 4 rings (SSSR count). The number of pyridine rings is 1. The molecule has 0 aliphatic carbocycles. The van der Waals surface area contributed by atoms with Gasteiger partial charge in [-0.2, -0.15) is 10.4 Å².